The molecule has 3 unspecified atom stereocenters. The van der Waals surface area contributed by atoms with Gasteiger partial charge in [0.2, 0.25) is 0 Å². The molecule has 0 aromatic heterocycles. The average Bonchev–Trinajstić information content (AvgIpc) is 2.94. The van der Waals surface area contributed by atoms with Gasteiger partial charge in [-0.25, -0.2) is 4.39 Å². The quantitative estimate of drug-likeness (QED) is 0.900. The Kier molecular flexibility index (Phi) is 3.23. The fraction of sp³-hybridized carbons (Fsp3) is 0.600. The summed E-state index contributed by atoms with van der Waals surface area (Å²) in [6, 6.07) is 5.37. The van der Waals surface area contributed by atoms with Crippen molar-refractivity contribution >= 4 is 15.9 Å². The Morgan fingerprint density at radius 2 is 2.22 bits per heavy atom. The summed E-state index contributed by atoms with van der Waals surface area (Å²) in [4.78, 5) is 0. The van der Waals surface area contributed by atoms with Crippen molar-refractivity contribution in [2.24, 2.45) is 23.0 Å². The van der Waals surface area contributed by atoms with Crippen LogP contribution in [-0.2, 0) is 6.42 Å². The second-order valence-corrected chi connectivity index (χ2v) is 6.93. The van der Waals surface area contributed by atoms with Crippen LogP contribution in [0.1, 0.15) is 31.2 Å². The van der Waals surface area contributed by atoms with Crippen LogP contribution in [0.2, 0.25) is 0 Å². The van der Waals surface area contributed by atoms with Crippen molar-refractivity contribution in [1.29, 1.82) is 0 Å². The first-order valence-electron chi connectivity index (χ1n) is 6.77. The monoisotopic (exact) mass is 311 g/mol. The lowest BCUT2D eigenvalue weighted by Crippen LogP contribution is -2.37. The van der Waals surface area contributed by atoms with Crippen LogP contribution in [0, 0.1) is 23.1 Å². The van der Waals surface area contributed by atoms with E-state index in [1.807, 2.05) is 12.1 Å². The maximum atomic E-state index is 13.3. The first-order valence-corrected chi connectivity index (χ1v) is 7.56. The van der Waals surface area contributed by atoms with E-state index in [-0.39, 0.29) is 11.2 Å². The second-order valence-electron chi connectivity index (χ2n) is 6.07. The third-order valence-electron chi connectivity index (χ3n) is 5.05. The molecule has 2 N–H and O–H groups in total. The molecule has 2 aliphatic rings. The van der Waals surface area contributed by atoms with Gasteiger partial charge in [0.15, 0.2) is 0 Å². The molecule has 3 atom stereocenters. The van der Waals surface area contributed by atoms with E-state index in [9.17, 15) is 4.39 Å². The normalized spacial score (nSPS) is 34.2. The van der Waals surface area contributed by atoms with E-state index in [1.165, 1.54) is 31.2 Å². The van der Waals surface area contributed by atoms with Crippen molar-refractivity contribution in [3.63, 3.8) is 0 Å². The number of nitrogens with two attached hydrogens (primary N) is 1. The van der Waals surface area contributed by atoms with E-state index in [4.69, 9.17) is 5.73 Å². The van der Waals surface area contributed by atoms with Gasteiger partial charge in [-0.3, -0.25) is 0 Å². The molecule has 1 aromatic carbocycles. The Hall–Kier alpha value is -0.410. The van der Waals surface area contributed by atoms with Crippen LogP contribution < -0.4 is 5.73 Å². The molecule has 0 spiro atoms. The van der Waals surface area contributed by atoms with Crippen LogP contribution in [-0.4, -0.2) is 6.54 Å². The number of hydrogen-bond donors (Lipinski definition) is 1. The van der Waals surface area contributed by atoms with Crippen molar-refractivity contribution in [2.45, 2.75) is 32.1 Å². The van der Waals surface area contributed by atoms with Crippen molar-refractivity contribution in [2.75, 3.05) is 6.54 Å². The van der Waals surface area contributed by atoms with Gasteiger partial charge in [0.05, 0.1) is 4.47 Å². The Morgan fingerprint density at radius 3 is 2.78 bits per heavy atom. The zero-order valence-corrected chi connectivity index (χ0v) is 12.0. The molecule has 2 fully saturated rings. The molecule has 1 aromatic rings. The van der Waals surface area contributed by atoms with Gasteiger partial charge in [0.25, 0.3) is 0 Å². The number of rotatable bonds is 3. The molecule has 3 rings (SSSR count). The summed E-state index contributed by atoms with van der Waals surface area (Å²) in [6.45, 7) is 0.767. The van der Waals surface area contributed by atoms with Crippen LogP contribution in [0.5, 0.6) is 0 Å². The summed E-state index contributed by atoms with van der Waals surface area (Å²) in [5.74, 6) is 1.49. The molecule has 0 amide bonds. The van der Waals surface area contributed by atoms with E-state index in [1.54, 1.807) is 6.07 Å². The summed E-state index contributed by atoms with van der Waals surface area (Å²) in [5, 5.41) is 0. The summed E-state index contributed by atoms with van der Waals surface area (Å²) >= 11 is 3.27. The van der Waals surface area contributed by atoms with E-state index in [0.717, 1.165) is 24.8 Å². The predicted octanol–water partition coefficient (Wildman–Crippen LogP) is 3.90. The Morgan fingerprint density at radius 1 is 1.39 bits per heavy atom. The van der Waals surface area contributed by atoms with Crippen LogP contribution in [0.3, 0.4) is 0 Å². The largest absolute Gasteiger partial charge is 0.330 e. The molecular weight excluding hydrogens is 293 g/mol. The van der Waals surface area contributed by atoms with Gasteiger partial charge in [-0.15, -0.1) is 0 Å². The minimum absolute atomic E-state index is 0.187. The van der Waals surface area contributed by atoms with E-state index >= 15 is 0 Å². The standard InChI is InChI=1S/C15H19BrFN/c16-13-6-11(2-4-14(13)17)8-15(9-18)7-10-1-3-12(15)5-10/h2,4,6,10,12H,1,3,5,7-9,18H2. The lowest BCUT2D eigenvalue weighted by atomic mass is 9.69. The fourth-order valence-electron chi connectivity index (χ4n) is 4.15. The molecule has 0 heterocycles. The van der Waals surface area contributed by atoms with Gasteiger partial charge in [0, 0.05) is 0 Å². The average molecular weight is 312 g/mol. The Labute approximate surface area is 116 Å². The molecule has 0 saturated heterocycles. The van der Waals surface area contributed by atoms with Crippen LogP contribution in [0.15, 0.2) is 22.7 Å². The molecule has 2 saturated carbocycles. The van der Waals surface area contributed by atoms with Gasteiger partial charge in [-0.2, -0.15) is 0 Å². The van der Waals surface area contributed by atoms with Gasteiger partial charge in [-0.05, 0) is 83.1 Å². The highest BCUT2D eigenvalue weighted by atomic mass is 79.9. The zero-order valence-electron chi connectivity index (χ0n) is 10.5. The Bertz CT molecular complexity index is 462. The van der Waals surface area contributed by atoms with Crippen molar-refractivity contribution in [1.82, 2.24) is 0 Å². The molecule has 98 valence electrons. The van der Waals surface area contributed by atoms with Crippen LogP contribution in [0.25, 0.3) is 0 Å². The summed E-state index contributed by atoms with van der Waals surface area (Å²) in [6.07, 6.45) is 6.36. The van der Waals surface area contributed by atoms with E-state index < -0.39 is 0 Å². The molecule has 2 aliphatic carbocycles. The van der Waals surface area contributed by atoms with E-state index in [2.05, 4.69) is 15.9 Å². The molecule has 0 radical (unpaired) electrons. The number of benzene rings is 1. The van der Waals surface area contributed by atoms with Crippen molar-refractivity contribution in [3.8, 4) is 0 Å². The highest BCUT2D eigenvalue weighted by molar-refractivity contribution is 9.10. The number of halogens is 2. The summed E-state index contributed by atoms with van der Waals surface area (Å²) in [5.41, 5.74) is 7.57. The zero-order chi connectivity index (χ0) is 12.8. The fourth-order valence-corrected chi connectivity index (χ4v) is 4.58. The highest BCUT2D eigenvalue weighted by Crippen LogP contribution is 2.56. The molecule has 18 heavy (non-hydrogen) atoms. The minimum Gasteiger partial charge on any atom is -0.330 e. The lowest BCUT2D eigenvalue weighted by molar-refractivity contribution is 0.171. The van der Waals surface area contributed by atoms with Crippen molar-refractivity contribution in [3.05, 3.63) is 34.1 Å². The smallest absolute Gasteiger partial charge is 0.137 e. The molecule has 1 nitrogen and oxygen atoms in total. The van der Waals surface area contributed by atoms with Gasteiger partial charge in [-0.1, -0.05) is 12.5 Å². The lowest BCUT2D eigenvalue weighted by Gasteiger charge is -2.37. The van der Waals surface area contributed by atoms with Gasteiger partial charge in [0.1, 0.15) is 5.82 Å². The third kappa shape index (κ3) is 2.01. The Balaban J connectivity index is 1.84. The molecule has 0 aliphatic heterocycles. The number of fused-ring (bicyclic) bond motifs is 2. The molecule has 2 bridgehead atoms. The van der Waals surface area contributed by atoms with Crippen LogP contribution >= 0.6 is 15.9 Å². The van der Waals surface area contributed by atoms with Gasteiger partial charge >= 0.3 is 0 Å². The maximum Gasteiger partial charge on any atom is 0.137 e. The summed E-state index contributed by atoms with van der Waals surface area (Å²) in [7, 11) is 0. The summed E-state index contributed by atoms with van der Waals surface area (Å²) < 4.78 is 13.8. The maximum absolute atomic E-state index is 13.3. The van der Waals surface area contributed by atoms with Crippen LogP contribution in [0.4, 0.5) is 4.39 Å². The first-order chi connectivity index (χ1) is 8.63. The first kappa shape index (κ1) is 12.6. The SMILES string of the molecule is NCC1(Cc2ccc(F)c(Br)c2)CC2CCC1C2. The third-order valence-corrected chi connectivity index (χ3v) is 5.66. The van der Waals surface area contributed by atoms with Crippen molar-refractivity contribution < 1.29 is 4.39 Å². The second kappa shape index (κ2) is 4.61. The number of hydrogen-bond acceptors (Lipinski definition) is 1. The molecular formula is C15H19BrFN. The van der Waals surface area contributed by atoms with Gasteiger partial charge < -0.3 is 5.73 Å². The predicted molar refractivity (Wildman–Crippen MR) is 74.7 cm³/mol. The topological polar surface area (TPSA) is 26.0 Å². The highest BCUT2D eigenvalue weighted by Gasteiger charge is 2.49. The molecule has 3 heteroatoms. The minimum atomic E-state index is -0.187. The van der Waals surface area contributed by atoms with E-state index in [0.29, 0.717) is 4.47 Å².